The fourth-order valence-corrected chi connectivity index (χ4v) is 2.60. The summed E-state index contributed by atoms with van der Waals surface area (Å²) in [5.74, 6) is 0. The highest BCUT2D eigenvalue weighted by Gasteiger charge is 2.19. The van der Waals surface area contributed by atoms with Crippen LogP contribution in [0.4, 0.5) is 11.4 Å². The van der Waals surface area contributed by atoms with Gasteiger partial charge in [0.15, 0.2) is 0 Å². The Balaban J connectivity index is 2.21. The molecule has 0 spiro atoms. The first-order valence-corrected chi connectivity index (χ1v) is 6.91. The van der Waals surface area contributed by atoms with Gasteiger partial charge in [0.05, 0.1) is 11.2 Å². The number of hydrogen-bond donors (Lipinski definition) is 2. The molecule has 4 heteroatoms. The summed E-state index contributed by atoms with van der Waals surface area (Å²) in [7, 11) is 4.20. The largest absolute Gasteiger partial charge is 0.397 e. The number of aromatic nitrogens is 1. The maximum atomic E-state index is 5.98. The zero-order valence-electron chi connectivity index (χ0n) is 12.8. The third-order valence-electron chi connectivity index (χ3n) is 3.30. The van der Waals surface area contributed by atoms with Crippen molar-refractivity contribution < 1.29 is 0 Å². The zero-order chi connectivity index (χ0) is 14.8. The molecule has 0 saturated carbocycles. The molecular formula is C16H24N4. The van der Waals surface area contributed by atoms with Crippen LogP contribution in [-0.4, -0.2) is 37.1 Å². The van der Waals surface area contributed by atoms with Crippen molar-refractivity contribution >= 4 is 22.3 Å². The Morgan fingerprint density at radius 3 is 2.70 bits per heavy atom. The van der Waals surface area contributed by atoms with Gasteiger partial charge in [-0.1, -0.05) is 13.8 Å². The molecule has 4 nitrogen and oxygen atoms in total. The molecule has 1 heterocycles. The first-order chi connectivity index (χ1) is 9.39. The van der Waals surface area contributed by atoms with E-state index in [9.17, 15) is 0 Å². The third kappa shape index (κ3) is 3.39. The first-order valence-electron chi connectivity index (χ1n) is 6.91. The van der Waals surface area contributed by atoms with Gasteiger partial charge in [-0.15, -0.1) is 0 Å². The number of hydrogen-bond acceptors (Lipinski definition) is 4. The molecule has 0 aliphatic carbocycles. The van der Waals surface area contributed by atoms with Gasteiger partial charge in [-0.05, 0) is 43.8 Å². The number of nitrogens with two attached hydrogens (primary N) is 1. The molecule has 0 aliphatic heterocycles. The SMILES string of the molecule is CN(C)CC(C)(C)CNc1ccc(N)c2ncccc12. The number of benzene rings is 1. The minimum absolute atomic E-state index is 0.194. The lowest BCUT2D eigenvalue weighted by Crippen LogP contribution is -2.34. The molecule has 1 aromatic carbocycles. The van der Waals surface area contributed by atoms with Gasteiger partial charge < -0.3 is 16.0 Å². The van der Waals surface area contributed by atoms with Crippen molar-refractivity contribution in [1.29, 1.82) is 0 Å². The van der Waals surface area contributed by atoms with E-state index in [1.54, 1.807) is 6.20 Å². The van der Waals surface area contributed by atoms with Crippen LogP contribution < -0.4 is 11.1 Å². The number of fused-ring (bicyclic) bond motifs is 1. The first kappa shape index (κ1) is 14.6. The third-order valence-corrected chi connectivity index (χ3v) is 3.30. The summed E-state index contributed by atoms with van der Waals surface area (Å²) in [5.41, 5.74) is 8.85. The Bertz CT molecular complexity index is 590. The number of nitrogens with one attached hydrogen (secondary N) is 1. The zero-order valence-corrected chi connectivity index (χ0v) is 12.8. The lowest BCUT2D eigenvalue weighted by Gasteiger charge is -2.29. The average Bonchev–Trinajstić information content (AvgIpc) is 2.37. The second kappa shape index (κ2) is 5.67. The van der Waals surface area contributed by atoms with Crippen molar-refractivity contribution in [1.82, 2.24) is 9.88 Å². The molecule has 20 heavy (non-hydrogen) atoms. The van der Waals surface area contributed by atoms with Gasteiger partial charge in [0.1, 0.15) is 0 Å². The normalized spacial score (nSPS) is 12.1. The Labute approximate surface area is 121 Å². The van der Waals surface area contributed by atoms with Crippen LogP contribution in [0.25, 0.3) is 10.9 Å². The van der Waals surface area contributed by atoms with Gasteiger partial charge in [0, 0.05) is 30.4 Å². The molecule has 3 N–H and O–H groups in total. The van der Waals surface area contributed by atoms with Gasteiger partial charge in [-0.25, -0.2) is 0 Å². The molecule has 2 rings (SSSR count). The summed E-state index contributed by atoms with van der Waals surface area (Å²) in [6, 6.07) is 7.94. The van der Waals surface area contributed by atoms with Crippen LogP contribution in [0.1, 0.15) is 13.8 Å². The van der Waals surface area contributed by atoms with Crippen molar-refractivity contribution in [3.63, 3.8) is 0 Å². The summed E-state index contributed by atoms with van der Waals surface area (Å²) < 4.78 is 0. The van der Waals surface area contributed by atoms with Gasteiger partial charge >= 0.3 is 0 Å². The van der Waals surface area contributed by atoms with Crippen LogP contribution in [0.15, 0.2) is 30.5 Å². The van der Waals surface area contributed by atoms with E-state index in [-0.39, 0.29) is 5.41 Å². The maximum Gasteiger partial charge on any atom is 0.0951 e. The van der Waals surface area contributed by atoms with Gasteiger partial charge in [0.2, 0.25) is 0 Å². The second-order valence-electron chi connectivity index (χ2n) is 6.36. The van der Waals surface area contributed by atoms with Crippen molar-refractivity contribution in [2.75, 3.05) is 38.2 Å². The van der Waals surface area contributed by atoms with E-state index < -0.39 is 0 Å². The molecule has 0 bridgehead atoms. The number of rotatable bonds is 5. The van der Waals surface area contributed by atoms with Crippen LogP contribution in [0.2, 0.25) is 0 Å². The van der Waals surface area contributed by atoms with Gasteiger partial charge in [-0.3, -0.25) is 4.98 Å². The topological polar surface area (TPSA) is 54.2 Å². The van der Waals surface area contributed by atoms with E-state index in [1.165, 1.54) is 0 Å². The fourth-order valence-electron chi connectivity index (χ4n) is 2.60. The molecule has 0 aliphatic rings. The second-order valence-corrected chi connectivity index (χ2v) is 6.36. The van der Waals surface area contributed by atoms with E-state index in [2.05, 4.69) is 49.2 Å². The molecule has 0 fully saturated rings. The van der Waals surface area contributed by atoms with Crippen LogP contribution in [-0.2, 0) is 0 Å². The van der Waals surface area contributed by atoms with E-state index in [4.69, 9.17) is 5.73 Å². The Morgan fingerprint density at radius 1 is 1.25 bits per heavy atom. The van der Waals surface area contributed by atoms with Crippen LogP contribution in [0.3, 0.4) is 0 Å². The monoisotopic (exact) mass is 272 g/mol. The Morgan fingerprint density at radius 2 is 2.00 bits per heavy atom. The number of nitrogen functional groups attached to an aromatic ring is 1. The number of pyridine rings is 1. The van der Waals surface area contributed by atoms with E-state index in [0.29, 0.717) is 0 Å². The van der Waals surface area contributed by atoms with Gasteiger partial charge in [0.25, 0.3) is 0 Å². The molecular weight excluding hydrogens is 248 g/mol. The van der Waals surface area contributed by atoms with Crippen molar-refractivity contribution in [2.45, 2.75) is 13.8 Å². The molecule has 0 amide bonds. The highest BCUT2D eigenvalue weighted by Crippen LogP contribution is 2.27. The average molecular weight is 272 g/mol. The molecule has 0 atom stereocenters. The predicted molar refractivity (Wildman–Crippen MR) is 87.0 cm³/mol. The van der Waals surface area contributed by atoms with Gasteiger partial charge in [-0.2, -0.15) is 0 Å². The lowest BCUT2D eigenvalue weighted by molar-refractivity contribution is 0.254. The smallest absolute Gasteiger partial charge is 0.0951 e. The minimum Gasteiger partial charge on any atom is -0.397 e. The number of nitrogens with zero attached hydrogens (tertiary/aromatic N) is 2. The fraction of sp³-hybridized carbons (Fsp3) is 0.438. The molecule has 0 unspecified atom stereocenters. The molecule has 0 saturated heterocycles. The Kier molecular flexibility index (Phi) is 4.14. The standard InChI is InChI=1S/C16H24N4/c1-16(2,11-20(3)4)10-19-14-8-7-13(17)15-12(14)6-5-9-18-15/h5-9,19H,10-11,17H2,1-4H3. The summed E-state index contributed by atoms with van der Waals surface area (Å²) in [5, 5.41) is 4.62. The van der Waals surface area contributed by atoms with Crippen LogP contribution in [0.5, 0.6) is 0 Å². The van der Waals surface area contributed by atoms with E-state index in [1.807, 2.05) is 18.2 Å². The summed E-state index contributed by atoms with van der Waals surface area (Å²) in [4.78, 5) is 6.57. The molecule has 1 aromatic heterocycles. The maximum absolute atomic E-state index is 5.98. The van der Waals surface area contributed by atoms with Crippen molar-refractivity contribution in [3.8, 4) is 0 Å². The van der Waals surface area contributed by atoms with E-state index in [0.717, 1.165) is 35.4 Å². The predicted octanol–water partition coefficient (Wildman–Crippen LogP) is 2.82. The summed E-state index contributed by atoms with van der Waals surface area (Å²) >= 11 is 0. The quantitative estimate of drug-likeness (QED) is 0.822. The lowest BCUT2D eigenvalue weighted by atomic mass is 9.92. The van der Waals surface area contributed by atoms with Crippen LogP contribution in [0, 0.1) is 5.41 Å². The molecule has 0 radical (unpaired) electrons. The van der Waals surface area contributed by atoms with Crippen molar-refractivity contribution in [2.24, 2.45) is 5.41 Å². The highest BCUT2D eigenvalue weighted by molar-refractivity contribution is 5.98. The van der Waals surface area contributed by atoms with Crippen molar-refractivity contribution in [3.05, 3.63) is 30.5 Å². The summed E-state index contributed by atoms with van der Waals surface area (Å²) in [6.07, 6.45) is 1.78. The molecule has 2 aromatic rings. The highest BCUT2D eigenvalue weighted by atomic mass is 15.1. The Hall–Kier alpha value is -1.81. The number of anilines is 2. The minimum atomic E-state index is 0.194. The van der Waals surface area contributed by atoms with Crippen LogP contribution >= 0.6 is 0 Å². The van der Waals surface area contributed by atoms with E-state index >= 15 is 0 Å². The molecule has 108 valence electrons. The summed E-state index contributed by atoms with van der Waals surface area (Å²) in [6.45, 7) is 6.46.